The zero-order valence-corrected chi connectivity index (χ0v) is 12.1. The zero-order valence-electron chi connectivity index (χ0n) is 9.71. The van der Waals surface area contributed by atoms with Gasteiger partial charge in [0.15, 0.2) is 5.13 Å². The van der Waals surface area contributed by atoms with Gasteiger partial charge in [0.1, 0.15) is 0 Å². The van der Waals surface area contributed by atoms with E-state index in [0.717, 1.165) is 3.79 Å². The van der Waals surface area contributed by atoms with E-state index in [1.165, 1.54) is 22.3 Å². The monoisotopic (exact) mass is 331 g/mol. The molecule has 0 atom stereocenters. The van der Waals surface area contributed by atoms with Gasteiger partial charge in [-0.3, -0.25) is 9.69 Å². The van der Waals surface area contributed by atoms with E-state index in [1.807, 2.05) is 6.92 Å². The minimum Gasteiger partial charge on any atom is -0.476 e. The molecule has 8 heteroatoms. The van der Waals surface area contributed by atoms with Crippen LogP contribution in [0.1, 0.15) is 17.5 Å². The molecule has 0 radical (unpaired) electrons. The fourth-order valence-corrected chi connectivity index (χ4v) is 2.37. The number of carbonyl (C=O) groups excluding carboxylic acids is 1. The van der Waals surface area contributed by atoms with E-state index in [-0.39, 0.29) is 11.7 Å². The van der Waals surface area contributed by atoms with Gasteiger partial charge in [0, 0.05) is 7.05 Å². The fraction of sp³-hybridized carbons (Fsp3) is 0.300. The fourth-order valence-electron chi connectivity index (χ4n) is 1.23. The van der Waals surface area contributed by atoms with Gasteiger partial charge in [-0.05, 0) is 28.0 Å². The van der Waals surface area contributed by atoms with Crippen molar-refractivity contribution >= 4 is 38.3 Å². The summed E-state index contributed by atoms with van der Waals surface area (Å²) in [6.45, 7) is 2.30. The largest absolute Gasteiger partial charge is 0.476 e. The lowest BCUT2D eigenvalue weighted by molar-refractivity contribution is 0.0957. The van der Waals surface area contributed by atoms with E-state index in [1.54, 1.807) is 13.2 Å². The molecule has 2 aromatic rings. The van der Waals surface area contributed by atoms with E-state index in [2.05, 4.69) is 26.1 Å². The highest BCUT2D eigenvalue weighted by atomic mass is 79.9. The molecule has 96 valence electrons. The average Bonchev–Trinajstić information content (AvgIpc) is 2.97. The van der Waals surface area contributed by atoms with Gasteiger partial charge < -0.3 is 9.26 Å². The molecule has 2 rings (SSSR count). The SMILES string of the molecule is CCOc1cc(C(=O)N(C)c2ncc(Br)s2)on1. The molecular weight excluding hydrogens is 322 g/mol. The first-order valence-corrected chi connectivity index (χ1v) is 6.71. The number of hydrogen-bond donors (Lipinski definition) is 0. The molecule has 2 heterocycles. The number of thiazole rings is 1. The first-order chi connectivity index (χ1) is 8.61. The van der Waals surface area contributed by atoms with Crippen molar-refractivity contribution in [3.63, 3.8) is 0 Å². The molecule has 2 aromatic heterocycles. The van der Waals surface area contributed by atoms with Crippen molar-refractivity contribution in [3.8, 4) is 5.88 Å². The van der Waals surface area contributed by atoms with Crippen LogP contribution < -0.4 is 9.64 Å². The van der Waals surface area contributed by atoms with E-state index in [4.69, 9.17) is 9.26 Å². The number of hydrogen-bond acceptors (Lipinski definition) is 6. The van der Waals surface area contributed by atoms with Gasteiger partial charge in [0.25, 0.3) is 11.8 Å². The first kappa shape index (κ1) is 13.0. The van der Waals surface area contributed by atoms with Gasteiger partial charge in [-0.15, -0.1) is 0 Å². The number of halogens is 1. The maximum Gasteiger partial charge on any atom is 0.298 e. The van der Waals surface area contributed by atoms with Crippen LogP contribution in [0.15, 0.2) is 20.6 Å². The van der Waals surface area contributed by atoms with Gasteiger partial charge in [0.2, 0.25) is 5.76 Å². The number of ether oxygens (including phenoxy) is 1. The maximum absolute atomic E-state index is 12.1. The molecule has 0 bridgehead atoms. The van der Waals surface area contributed by atoms with Gasteiger partial charge in [0.05, 0.1) is 22.7 Å². The number of aromatic nitrogens is 2. The van der Waals surface area contributed by atoms with Gasteiger partial charge in [-0.2, -0.15) is 0 Å². The highest BCUT2D eigenvalue weighted by Crippen LogP contribution is 2.27. The van der Waals surface area contributed by atoms with Crippen molar-refractivity contribution in [1.82, 2.24) is 10.1 Å². The summed E-state index contributed by atoms with van der Waals surface area (Å²) in [4.78, 5) is 17.5. The summed E-state index contributed by atoms with van der Waals surface area (Å²) in [5.41, 5.74) is 0. The maximum atomic E-state index is 12.1. The number of rotatable bonds is 4. The molecule has 0 spiro atoms. The molecule has 0 unspecified atom stereocenters. The smallest absolute Gasteiger partial charge is 0.298 e. The minimum absolute atomic E-state index is 0.118. The summed E-state index contributed by atoms with van der Waals surface area (Å²) < 4.78 is 10.9. The van der Waals surface area contributed by atoms with Crippen molar-refractivity contribution in [2.45, 2.75) is 6.92 Å². The number of anilines is 1. The second kappa shape index (κ2) is 5.49. The lowest BCUT2D eigenvalue weighted by Gasteiger charge is -2.10. The molecule has 0 fully saturated rings. The quantitative estimate of drug-likeness (QED) is 0.861. The van der Waals surface area contributed by atoms with Crippen LogP contribution in [0.25, 0.3) is 0 Å². The van der Waals surface area contributed by atoms with Crippen molar-refractivity contribution < 1.29 is 14.1 Å². The Morgan fingerprint density at radius 3 is 3.06 bits per heavy atom. The molecule has 1 amide bonds. The Hall–Kier alpha value is -1.41. The van der Waals surface area contributed by atoms with Crippen LogP contribution >= 0.6 is 27.3 Å². The lowest BCUT2D eigenvalue weighted by atomic mass is 10.4. The van der Waals surface area contributed by atoms with E-state index in [0.29, 0.717) is 17.6 Å². The van der Waals surface area contributed by atoms with Crippen LogP contribution in [0.5, 0.6) is 5.88 Å². The summed E-state index contributed by atoms with van der Waals surface area (Å²) in [5.74, 6) is 0.0946. The number of amides is 1. The van der Waals surface area contributed by atoms with Crippen molar-refractivity contribution in [2.24, 2.45) is 0 Å². The van der Waals surface area contributed by atoms with Gasteiger partial charge >= 0.3 is 0 Å². The molecule has 0 saturated carbocycles. The minimum atomic E-state index is -0.324. The van der Waals surface area contributed by atoms with Crippen LogP contribution in [-0.2, 0) is 0 Å². The Kier molecular flexibility index (Phi) is 3.97. The second-order valence-electron chi connectivity index (χ2n) is 3.27. The number of nitrogens with zero attached hydrogens (tertiary/aromatic N) is 3. The Morgan fingerprint density at radius 1 is 1.67 bits per heavy atom. The third-order valence-electron chi connectivity index (χ3n) is 2.05. The van der Waals surface area contributed by atoms with Crippen molar-refractivity contribution in [1.29, 1.82) is 0 Å². The topological polar surface area (TPSA) is 68.5 Å². The normalized spacial score (nSPS) is 10.4. The lowest BCUT2D eigenvalue weighted by Crippen LogP contribution is -2.25. The standard InChI is InChI=1S/C10H10BrN3O3S/c1-3-16-8-4-6(17-13-8)9(15)14(2)10-12-5-7(11)18-10/h4-5H,3H2,1-2H3. The summed E-state index contributed by atoms with van der Waals surface area (Å²) in [7, 11) is 1.62. The summed E-state index contributed by atoms with van der Waals surface area (Å²) >= 11 is 4.65. The molecular formula is C10H10BrN3O3S. The molecule has 6 nitrogen and oxygen atoms in total. The highest BCUT2D eigenvalue weighted by Gasteiger charge is 2.21. The van der Waals surface area contributed by atoms with Crippen molar-refractivity contribution in [2.75, 3.05) is 18.6 Å². The molecule has 0 aliphatic heterocycles. The predicted molar refractivity (Wildman–Crippen MR) is 70.2 cm³/mol. The zero-order chi connectivity index (χ0) is 13.1. The molecule has 0 aromatic carbocycles. The Balaban J connectivity index is 2.14. The van der Waals surface area contributed by atoms with Crippen LogP contribution in [0.2, 0.25) is 0 Å². The summed E-state index contributed by atoms with van der Waals surface area (Å²) in [6.07, 6.45) is 1.63. The molecule has 18 heavy (non-hydrogen) atoms. The van der Waals surface area contributed by atoms with Crippen molar-refractivity contribution in [3.05, 3.63) is 21.8 Å². The molecule has 0 aliphatic carbocycles. The Labute approximate surface area is 116 Å². The van der Waals surface area contributed by atoms with E-state index in [9.17, 15) is 4.79 Å². The average molecular weight is 332 g/mol. The Bertz CT molecular complexity index is 554. The van der Waals surface area contributed by atoms with Gasteiger partial charge in [-0.25, -0.2) is 4.98 Å². The predicted octanol–water partition coefficient (Wildman–Crippen LogP) is 2.57. The third-order valence-corrected chi connectivity index (χ3v) is 3.60. The third kappa shape index (κ3) is 2.70. The van der Waals surface area contributed by atoms with Crippen LogP contribution in [0, 0.1) is 0 Å². The second-order valence-corrected chi connectivity index (χ2v) is 5.66. The van der Waals surface area contributed by atoms with E-state index >= 15 is 0 Å². The summed E-state index contributed by atoms with van der Waals surface area (Å²) in [5, 5.41) is 4.21. The molecule has 0 aliphatic rings. The highest BCUT2D eigenvalue weighted by molar-refractivity contribution is 9.11. The number of carbonyl (C=O) groups is 1. The van der Waals surface area contributed by atoms with Crippen LogP contribution in [0.3, 0.4) is 0 Å². The van der Waals surface area contributed by atoms with Gasteiger partial charge in [-0.1, -0.05) is 11.3 Å². The Morgan fingerprint density at radius 2 is 2.44 bits per heavy atom. The molecule has 0 N–H and O–H groups in total. The summed E-state index contributed by atoms with van der Waals surface area (Å²) in [6, 6.07) is 1.46. The van der Waals surface area contributed by atoms with Crippen LogP contribution in [0.4, 0.5) is 5.13 Å². The first-order valence-electron chi connectivity index (χ1n) is 5.10. The van der Waals surface area contributed by atoms with Crippen LogP contribution in [-0.4, -0.2) is 29.7 Å². The molecule has 0 saturated heterocycles. The van der Waals surface area contributed by atoms with E-state index < -0.39 is 0 Å².